The van der Waals surface area contributed by atoms with Gasteiger partial charge >= 0.3 is 6.18 Å². The van der Waals surface area contributed by atoms with Crippen LogP contribution in [0.3, 0.4) is 0 Å². The van der Waals surface area contributed by atoms with Gasteiger partial charge in [0.05, 0.1) is 22.8 Å². The molecule has 0 radical (unpaired) electrons. The van der Waals surface area contributed by atoms with E-state index in [1.807, 2.05) is 0 Å². The highest BCUT2D eigenvalue weighted by Crippen LogP contribution is 2.43. The highest BCUT2D eigenvalue weighted by molar-refractivity contribution is 6.33. The number of alkyl halides is 3. The van der Waals surface area contributed by atoms with Crippen molar-refractivity contribution >= 4 is 40.6 Å². The van der Waals surface area contributed by atoms with Crippen LogP contribution in [0.2, 0.25) is 5.02 Å². The number of rotatable bonds is 3. The average molecular weight is 504 g/mol. The fourth-order valence-corrected chi connectivity index (χ4v) is 4.17. The van der Waals surface area contributed by atoms with Gasteiger partial charge < -0.3 is 24.6 Å². The first-order chi connectivity index (χ1) is 15.0. The van der Waals surface area contributed by atoms with Crippen LogP contribution in [0.1, 0.15) is 17.5 Å². The Morgan fingerprint density at radius 3 is 2.45 bits per heavy atom. The van der Waals surface area contributed by atoms with Gasteiger partial charge in [0.25, 0.3) is 0 Å². The van der Waals surface area contributed by atoms with Crippen LogP contribution in [0.25, 0.3) is 27.9 Å². The standard InChI is InChI=1S/C22H17ClF3NO5.ClH/c1-27-5-4-12(14(27)9-28)19-15(29)7-16(30)20-17(31)8-18(32-21(19)20)11-3-2-10(6-13(11)23)22(24,25)26;/h2-3,6-8,28-30H,4-5,9H2,1H3;1H. The van der Waals surface area contributed by atoms with Gasteiger partial charge in [0.2, 0.25) is 0 Å². The summed E-state index contributed by atoms with van der Waals surface area (Å²) in [6, 6.07) is 4.64. The van der Waals surface area contributed by atoms with Gasteiger partial charge in [-0.15, -0.1) is 12.4 Å². The third-order valence-electron chi connectivity index (χ3n) is 5.48. The van der Waals surface area contributed by atoms with Crippen LogP contribution in [0.4, 0.5) is 13.2 Å². The quantitative estimate of drug-likeness (QED) is 0.465. The number of fused-ring (bicyclic) bond motifs is 1. The molecule has 0 amide bonds. The van der Waals surface area contributed by atoms with Gasteiger partial charge in [-0.05, 0) is 30.2 Å². The van der Waals surface area contributed by atoms with E-state index in [-0.39, 0.29) is 57.6 Å². The number of phenolic OH excluding ortho intramolecular Hbond substituents is 2. The van der Waals surface area contributed by atoms with Crippen LogP contribution in [-0.4, -0.2) is 40.4 Å². The van der Waals surface area contributed by atoms with Crippen LogP contribution in [0, 0.1) is 0 Å². The summed E-state index contributed by atoms with van der Waals surface area (Å²) in [6.07, 6.45) is -4.17. The monoisotopic (exact) mass is 503 g/mol. The zero-order valence-electron chi connectivity index (χ0n) is 17.0. The first kappa shape index (κ1) is 24.8. The topological polar surface area (TPSA) is 94.1 Å². The molecule has 176 valence electrons. The Labute approximate surface area is 196 Å². The van der Waals surface area contributed by atoms with Crippen molar-refractivity contribution in [1.82, 2.24) is 4.90 Å². The number of aliphatic hydroxyl groups is 1. The summed E-state index contributed by atoms with van der Waals surface area (Å²) in [5, 5.41) is 30.1. The predicted molar refractivity (Wildman–Crippen MR) is 120 cm³/mol. The number of nitrogens with zero attached hydrogens (tertiary/aromatic N) is 1. The van der Waals surface area contributed by atoms with Gasteiger partial charge in [-0.1, -0.05) is 11.6 Å². The first-order valence-corrected chi connectivity index (χ1v) is 9.85. The molecule has 0 fully saturated rings. The van der Waals surface area contributed by atoms with E-state index in [9.17, 15) is 33.3 Å². The van der Waals surface area contributed by atoms with E-state index in [1.54, 1.807) is 11.9 Å². The minimum absolute atomic E-state index is 0. The van der Waals surface area contributed by atoms with E-state index in [4.69, 9.17) is 16.0 Å². The van der Waals surface area contributed by atoms with Crippen molar-refractivity contribution in [3.05, 3.63) is 62.4 Å². The van der Waals surface area contributed by atoms with Gasteiger partial charge in [-0.25, -0.2) is 0 Å². The molecule has 0 saturated carbocycles. The molecule has 0 bridgehead atoms. The molecule has 1 aliphatic heterocycles. The van der Waals surface area contributed by atoms with Gasteiger partial charge in [-0.2, -0.15) is 13.2 Å². The number of phenols is 2. The second-order valence-electron chi connectivity index (χ2n) is 7.42. The molecule has 0 atom stereocenters. The molecule has 0 aliphatic carbocycles. The Morgan fingerprint density at radius 2 is 1.85 bits per heavy atom. The lowest BCUT2D eigenvalue weighted by molar-refractivity contribution is -0.137. The van der Waals surface area contributed by atoms with E-state index < -0.39 is 22.9 Å². The van der Waals surface area contributed by atoms with Crippen molar-refractivity contribution < 1.29 is 32.9 Å². The molecule has 2 aromatic carbocycles. The van der Waals surface area contributed by atoms with Gasteiger partial charge in [0.15, 0.2) is 11.0 Å². The molecule has 33 heavy (non-hydrogen) atoms. The van der Waals surface area contributed by atoms with Gasteiger partial charge in [0, 0.05) is 37.0 Å². The molecule has 0 spiro atoms. The van der Waals surface area contributed by atoms with Crippen LogP contribution in [-0.2, 0) is 6.18 Å². The van der Waals surface area contributed by atoms with E-state index >= 15 is 0 Å². The van der Waals surface area contributed by atoms with Crippen molar-refractivity contribution in [3.63, 3.8) is 0 Å². The second kappa shape index (κ2) is 8.81. The molecule has 0 saturated heterocycles. The van der Waals surface area contributed by atoms with Crippen LogP contribution < -0.4 is 5.43 Å². The van der Waals surface area contributed by atoms with Crippen molar-refractivity contribution in [3.8, 4) is 22.8 Å². The summed E-state index contributed by atoms with van der Waals surface area (Å²) < 4.78 is 44.8. The second-order valence-corrected chi connectivity index (χ2v) is 7.82. The van der Waals surface area contributed by atoms with E-state index in [0.29, 0.717) is 24.2 Å². The molecule has 0 unspecified atom stereocenters. The highest BCUT2D eigenvalue weighted by atomic mass is 35.5. The summed E-state index contributed by atoms with van der Waals surface area (Å²) in [4.78, 5) is 14.6. The van der Waals surface area contributed by atoms with Gasteiger partial charge in [-0.3, -0.25) is 4.79 Å². The smallest absolute Gasteiger partial charge is 0.416 e. The number of hydrogen-bond donors (Lipinski definition) is 3. The highest BCUT2D eigenvalue weighted by Gasteiger charge is 2.31. The number of hydrogen-bond acceptors (Lipinski definition) is 6. The largest absolute Gasteiger partial charge is 0.507 e. The molecule has 1 aliphatic rings. The third-order valence-corrected chi connectivity index (χ3v) is 5.79. The van der Waals surface area contributed by atoms with Crippen LogP contribution in [0.15, 0.2) is 45.2 Å². The van der Waals surface area contributed by atoms with E-state index in [0.717, 1.165) is 30.3 Å². The molecular formula is C22H18Cl2F3NO5. The molecule has 2 heterocycles. The van der Waals surface area contributed by atoms with Crippen LogP contribution >= 0.6 is 24.0 Å². The van der Waals surface area contributed by atoms with Crippen molar-refractivity contribution in [2.24, 2.45) is 0 Å². The summed E-state index contributed by atoms with van der Waals surface area (Å²) in [5.41, 5.74) is -0.604. The maximum Gasteiger partial charge on any atom is 0.416 e. The number of likely N-dealkylation sites (N-methyl/N-ethyl adjacent to an activating group) is 1. The maximum absolute atomic E-state index is 13.0. The van der Waals surface area contributed by atoms with E-state index in [2.05, 4.69) is 0 Å². The van der Waals surface area contributed by atoms with E-state index in [1.165, 1.54) is 0 Å². The molecule has 3 aromatic rings. The Morgan fingerprint density at radius 1 is 1.15 bits per heavy atom. The third kappa shape index (κ3) is 4.23. The summed E-state index contributed by atoms with van der Waals surface area (Å²) in [7, 11) is 1.75. The average Bonchev–Trinajstić information content (AvgIpc) is 3.06. The molecule has 6 nitrogen and oxygen atoms in total. The fraction of sp³-hybridized carbons (Fsp3) is 0.227. The minimum Gasteiger partial charge on any atom is -0.507 e. The molecule has 11 heteroatoms. The molecule has 1 aromatic heterocycles. The maximum atomic E-state index is 13.0. The molecular weight excluding hydrogens is 486 g/mol. The lowest BCUT2D eigenvalue weighted by Gasteiger charge is -2.16. The molecule has 3 N–H and O–H groups in total. The van der Waals surface area contributed by atoms with Gasteiger partial charge in [0.1, 0.15) is 22.6 Å². The summed E-state index contributed by atoms with van der Waals surface area (Å²) in [5.74, 6) is -1.02. The Bertz CT molecular complexity index is 1330. The Hall–Kier alpha value is -2.88. The number of benzene rings is 2. The predicted octanol–water partition coefficient (Wildman–Crippen LogP) is 5.00. The van der Waals surface area contributed by atoms with Crippen molar-refractivity contribution in [2.75, 3.05) is 20.2 Å². The SMILES string of the molecule is CN1CCC(c2c(O)cc(O)c3c(=O)cc(-c4ccc(C(F)(F)F)cc4Cl)oc23)=C1CO.Cl. The Kier molecular flexibility index (Phi) is 6.61. The summed E-state index contributed by atoms with van der Waals surface area (Å²) >= 11 is 6.06. The number of aromatic hydroxyl groups is 2. The zero-order valence-corrected chi connectivity index (χ0v) is 18.6. The normalized spacial score (nSPS) is 14.2. The lowest BCUT2D eigenvalue weighted by atomic mass is 9.98. The lowest BCUT2D eigenvalue weighted by Crippen LogP contribution is -2.15. The number of halogens is 5. The van der Waals surface area contributed by atoms with Crippen molar-refractivity contribution in [1.29, 1.82) is 0 Å². The fourth-order valence-electron chi connectivity index (χ4n) is 3.89. The van der Waals surface area contributed by atoms with Crippen LogP contribution in [0.5, 0.6) is 11.5 Å². The zero-order chi connectivity index (χ0) is 23.4. The van der Waals surface area contributed by atoms with Crippen molar-refractivity contribution in [2.45, 2.75) is 12.6 Å². The summed E-state index contributed by atoms with van der Waals surface area (Å²) in [6.45, 7) is 0.212. The number of aliphatic hydroxyl groups excluding tert-OH is 1. The Balaban J connectivity index is 0.00000306. The molecule has 4 rings (SSSR count). The first-order valence-electron chi connectivity index (χ1n) is 9.47. The minimum atomic E-state index is -4.60.